The van der Waals surface area contributed by atoms with Gasteiger partial charge in [-0.25, -0.2) is 0 Å². The van der Waals surface area contributed by atoms with Crippen LogP contribution in [0.25, 0.3) is 0 Å². The van der Waals surface area contributed by atoms with Gasteiger partial charge in [-0.05, 0) is 43.9 Å². The van der Waals surface area contributed by atoms with Crippen molar-refractivity contribution < 1.29 is 9.53 Å². The van der Waals surface area contributed by atoms with Crippen LogP contribution in [0.5, 0.6) is 5.75 Å². The average molecular weight is 292 g/mol. The first-order chi connectivity index (χ1) is 9.55. The van der Waals surface area contributed by atoms with Crippen LogP contribution in [0.15, 0.2) is 24.3 Å². The zero-order valence-electron chi connectivity index (χ0n) is 14.0. The zero-order valence-corrected chi connectivity index (χ0v) is 14.0. The van der Waals surface area contributed by atoms with Crippen molar-refractivity contribution >= 4 is 5.91 Å². The molecule has 1 aromatic rings. The first-order valence-corrected chi connectivity index (χ1v) is 7.34. The fourth-order valence-corrected chi connectivity index (χ4v) is 1.78. The molecule has 118 valence electrons. The van der Waals surface area contributed by atoms with E-state index in [1.165, 1.54) is 5.56 Å². The number of rotatable bonds is 5. The summed E-state index contributed by atoms with van der Waals surface area (Å²) in [5, 5.41) is 2.88. The average Bonchev–Trinajstić information content (AvgIpc) is 2.37. The molecule has 0 aromatic heterocycles. The molecule has 21 heavy (non-hydrogen) atoms. The van der Waals surface area contributed by atoms with Gasteiger partial charge in [-0.3, -0.25) is 4.79 Å². The minimum absolute atomic E-state index is 0.0480. The molecule has 4 heteroatoms. The number of ether oxygens (including phenoxy) is 1. The molecule has 4 nitrogen and oxygen atoms in total. The Balaban J connectivity index is 2.75. The smallest absolute Gasteiger partial charge is 0.261 e. The van der Waals surface area contributed by atoms with Gasteiger partial charge in [0, 0.05) is 12.1 Å². The van der Waals surface area contributed by atoms with E-state index in [-0.39, 0.29) is 11.3 Å². The Bertz CT molecular complexity index is 490. The lowest BCUT2D eigenvalue weighted by Crippen LogP contribution is -2.52. The molecule has 1 aromatic carbocycles. The molecule has 1 unspecified atom stereocenters. The molecule has 0 saturated carbocycles. The summed E-state index contributed by atoms with van der Waals surface area (Å²) in [7, 11) is 0. The predicted octanol–water partition coefficient (Wildman–Crippen LogP) is 2.60. The molecule has 0 radical (unpaired) electrons. The zero-order chi connectivity index (χ0) is 16.3. The third-order valence-electron chi connectivity index (χ3n) is 3.35. The highest BCUT2D eigenvalue weighted by Gasteiger charge is 2.23. The van der Waals surface area contributed by atoms with Crippen LogP contribution in [-0.4, -0.2) is 24.1 Å². The maximum Gasteiger partial charge on any atom is 0.261 e. The lowest BCUT2D eigenvalue weighted by molar-refractivity contribution is -0.128. The summed E-state index contributed by atoms with van der Waals surface area (Å²) in [6.07, 6.45) is -0.564. The van der Waals surface area contributed by atoms with E-state index in [9.17, 15) is 4.79 Å². The quantitative estimate of drug-likeness (QED) is 0.877. The van der Waals surface area contributed by atoms with E-state index in [2.05, 4.69) is 32.2 Å². The normalized spacial score (nSPS) is 13.7. The Morgan fingerprint density at radius 2 is 1.90 bits per heavy atom. The molecule has 0 heterocycles. The van der Waals surface area contributed by atoms with Gasteiger partial charge in [-0.15, -0.1) is 0 Å². The van der Waals surface area contributed by atoms with E-state index in [0.717, 1.165) is 0 Å². The second-order valence-corrected chi connectivity index (χ2v) is 7.12. The van der Waals surface area contributed by atoms with E-state index in [1.807, 2.05) is 32.0 Å². The number of nitrogens with one attached hydrogen (secondary N) is 1. The molecule has 0 aliphatic carbocycles. The van der Waals surface area contributed by atoms with Crippen LogP contribution in [-0.2, 0) is 10.2 Å². The maximum absolute atomic E-state index is 12.1. The monoisotopic (exact) mass is 292 g/mol. The van der Waals surface area contributed by atoms with Crippen LogP contribution in [0, 0.1) is 0 Å². The molecule has 0 saturated heterocycles. The molecule has 0 spiro atoms. The summed E-state index contributed by atoms with van der Waals surface area (Å²) in [5.41, 5.74) is 6.41. The first kappa shape index (κ1) is 17.5. The van der Waals surface area contributed by atoms with E-state index >= 15 is 0 Å². The molecule has 3 N–H and O–H groups in total. The van der Waals surface area contributed by atoms with Crippen molar-refractivity contribution in [2.45, 2.75) is 58.6 Å². The van der Waals surface area contributed by atoms with Crippen molar-refractivity contribution in [3.63, 3.8) is 0 Å². The van der Waals surface area contributed by atoms with Crippen LogP contribution in [0.3, 0.4) is 0 Å². The third kappa shape index (κ3) is 5.38. The topological polar surface area (TPSA) is 64.3 Å². The van der Waals surface area contributed by atoms with Crippen LogP contribution >= 0.6 is 0 Å². The lowest BCUT2D eigenvalue weighted by Gasteiger charge is -2.26. The summed E-state index contributed by atoms with van der Waals surface area (Å²) in [4.78, 5) is 12.1. The number of carbonyl (C=O) groups excluding carboxylic acids is 1. The van der Waals surface area contributed by atoms with Crippen molar-refractivity contribution in [2.24, 2.45) is 5.73 Å². The molecule has 1 amide bonds. The number of nitrogens with two attached hydrogens (primary N) is 1. The predicted molar refractivity (Wildman–Crippen MR) is 86.5 cm³/mol. The van der Waals surface area contributed by atoms with Crippen molar-refractivity contribution in [3.05, 3.63) is 29.8 Å². The van der Waals surface area contributed by atoms with Gasteiger partial charge >= 0.3 is 0 Å². The molecular formula is C17H28N2O2. The Labute approximate surface area is 128 Å². The minimum atomic E-state index is -0.564. The first-order valence-electron chi connectivity index (χ1n) is 7.34. The summed E-state index contributed by atoms with van der Waals surface area (Å²) < 4.78 is 5.75. The minimum Gasteiger partial charge on any atom is -0.481 e. The van der Waals surface area contributed by atoms with Crippen LogP contribution < -0.4 is 15.8 Å². The molecule has 0 fully saturated rings. The Morgan fingerprint density at radius 1 is 1.29 bits per heavy atom. The van der Waals surface area contributed by atoms with E-state index in [0.29, 0.717) is 12.3 Å². The van der Waals surface area contributed by atoms with Crippen molar-refractivity contribution in [3.8, 4) is 5.75 Å². The fourth-order valence-electron chi connectivity index (χ4n) is 1.78. The molecule has 1 atom stereocenters. The summed E-state index contributed by atoms with van der Waals surface area (Å²) in [5.74, 6) is 0.544. The van der Waals surface area contributed by atoms with Gasteiger partial charge in [0.05, 0.1) is 0 Å². The van der Waals surface area contributed by atoms with Crippen molar-refractivity contribution in [1.82, 2.24) is 5.32 Å². The molecular weight excluding hydrogens is 264 g/mol. The molecule has 1 rings (SSSR count). The van der Waals surface area contributed by atoms with E-state index in [4.69, 9.17) is 10.5 Å². The fraction of sp³-hybridized carbons (Fsp3) is 0.588. The standard InChI is InChI=1S/C17H28N2O2/c1-12(15(20)19-17(5,6)11-18)21-14-9-7-8-13(10-14)16(2,3)4/h7-10,12H,11,18H2,1-6H3,(H,19,20). The van der Waals surface area contributed by atoms with E-state index < -0.39 is 11.6 Å². The van der Waals surface area contributed by atoms with Gasteiger partial charge < -0.3 is 15.8 Å². The second kappa shape index (κ2) is 6.48. The Hall–Kier alpha value is -1.55. The largest absolute Gasteiger partial charge is 0.481 e. The summed E-state index contributed by atoms with van der Waals surface area (Å²) in [6.45, 7) is 12.3. The number of carbonyl (C=O) groups is 1. The van der Waals surface area contributed by atoms with Gasteiger partial charge in [-0.1, -0.05) is 32.9 Å². The third-order valence-corrected chi connectivity index (χ3v) is 3.35. The number of hydrogen-bond donors (Lipinski definition) is 2. The van der Waals surface area contributed by atoms with Gasteiger partial charge in [0.25, 0.3) is 5.91 Å². The Kier molecular flexibility index (Phi) is 5.40. The van der Waals surface area contributed by atoms with E-state index in [1.54, 1.807) is 6.92 Å². The molecule has 0 bridgehead atoms. The van der Waals surface area contributed by atoms with Crippen LogP contribution in [0.1, 0.15) is 47.1 Å². The summed E-state index contributed by atoms with van der Waals surface area (Å²) >= 11 is 0. The second-order valence-electron chi connectivity index (χ2n) is 7.12. The maximum atomic E-state index is 12.1. The van der Waals surface area contributed by atoms with Gasteiger partial charge in [0.2, 0.25) is 0 Å². The lowest BCUT2D eigenvalue weighted by atomic mass is 9.87. The number of benzene rings is 1. The van der Waals surface area contributed by atoms with Crippen molar-refractivity contribution in [1.29, 1.82) is 0 Å². The van der Waals surface area contributed by atoms with Crippen LogP contribution in [0.2, 0.25) is 0 Å². The van der Waals surface area contributed by atoms with Gasteiger partial charge in [-0.2, -0.15) is 0 Å². The van der Waals surface area contributed by atoms with Gasteiger partial charge in [0.15, 0.2) is 6.10 Å². The number of hydrogen-bond acceptors (Lipinski definition) is 3. The Morgan fingerprint density at radius 3 is 2.43 bits per heavy atom. The van der Waals surface area contributed by atoms with Crippen molar-refractivity contribution in [2.75, 3.05) is 6.54 Å². The summed E-state index contributed by atoms with van der Waals surface area (Å²) in [6, 6.07) is 7.87. The highest BCUT2D eigenvalue weighted by molar-refractivity contribution is 5.81. The molecule has 0 aliphatic rings. The van der Waals surface area contributed by atoms with Crippen LogP contribution in [0.4, 0.5) is 0 Å². The highest BCUT2D eigenvalue weighted by Crippen LogP contribution is 2.26. The molecule has 0 aliphatic heterocycles. The number of amides is 1. The highest BCUT2D eigenvalue weighted by atomic mass is 16.5. The SMILES string of the molecule is CC(Oc1cccc(C(C)(C)C)c1)C(=O)NC(C)(C)CN. The van der Waals surface area contributed by atoms with Gasteiger partial charge in [0.1, 0.15) is 5.75 Å².